The Kier molecular flexibility index (Phi) is 23.1. The first-order chi connectivity index (χ1) is 16.2. The smallest absolute Gasteiger partial charge is 0.161 e. The highest BCUT2D eigenvalue weighted by Crippen LogP contribution is 2.31. The summed E-state index contributed by atoms with van der Waals surface area (Å²) >= 11 is 0. The molecule has 0 saturated heterocycles. The van der Waals surface area contributed by atoms with Gasteiger partial charge in [-0.3, -0.25) is 0 Å². The van der Waals surface area contributed by atoms with E-state index in [-0.39, 0.29) is 25.1 Å². The summed E-state index contributed by atoms with van der Waals surface area (Å²) < 4.78 is 12.2. The van der Waals surface area contributed by atoms with E-state index >= 15 is 0 Å². The molecule has 1 unspecified atom stereocenters. The van der Waals surface area contributed by atoms with Crippen molar-refractivity contribution >= 4 is 12.4 Å². The highest BCUT2D eigenvalue weighted by Gasteiger charge is 2.12. The minimum atomic E-state index is -0.178. The van der Waals surface area contributed by atoms with Crippen LogP contribution in [0.15, 0.2) is 18.2 Å². The lowest BCUT2D eigenvalue weighted by Gasteiger charge is -2.17. The molecule has 200 valence electrons. The second kappa shape index (κ2) is 23.8. The Hall–Kier alpha value is -0.970. The van der Waals surface area contributed by atoms with Crippen molar-refractivity contribution < 1.29 is 14.6 Å². The molecule has 0 amide bonds. The van der Waals surface area contributed by atoms with Crippen molar-refractivity contribution in [3.8, 4) is 11.5 Å². The molecule has 0 aliphatic heterocycles. The first-order valence-electron chi connectivity index (χ1n) is 14.0. The van der Waals surface area contributed by atoms with Crippen molar-refractivity contribution in [2.45, 2.75) is 129 Å². The number of hydrogen-bond donors (Lipinski definition) is 2. The monoisotopic (exact) mass is 499 g/mol. The third kappa shape index (κ3) is 16.6. The van der Waals surface area contributed by atoms with E-state index in [2.05, 4.69) is 13.8 Å². The molecule has 5 heteroatoms. The van der Waals surface area contributed by atoms with E-state index in [0.717, 1.165) is 36.5 Å². The first kappa shape index (κ1) is 33.0. The van der Waals surface area contributed by atoms with Crippen LogP contribution in [0.5, 0.6) is 11.5 Å². The summed E-state index contributed by atoms with van der Waals surface area (Å²) in [6.45, 7) is 6.05. The van der Waals surface area contributed by atoms with Crippen LogP contribution in [0.4, 0.5) is 0 Å². The molecule has 1 atom stereocenters. The molecule has 3 N–H and O–H groups in total. The molecule has 0 saturated carbocycles. The lowest BCUT2D eigenvalue weighted by molar-refractivity contribution is 0.257. The van der Waals surface area contributed by atoms with Gasteiger partial charge in [0.05, 0.1) is 13.2 Å². The normalized spacial score (nSPS) is 11.8. The van der Waals surface area contributed by atoms with Crippen LogP contribution in [0.3, 0.4) is 0 Å². The number of hydrogen-bond acceptors (Lipinski definition) is 4. The van der Waals surface area contributed by atoms with E-state index in [9.17, 15) is 5.11 Å². The van der Waals surface area contributed by atoms with Crippen LogP contribution in [0.1, 0.15) is 135 Å². The van der Waals surface area contributed by atoms with Gasteiger partial charge in [0, 0.05) is 12.6 Å². The van der Waals surface area contributed by atoms with Gasteiger partial charge in [-0.25, -0.2) is 0 Å². The van der Waals surface area contributed by atoms with Gasteiger partial charge in [0.25, 0.3) is 0 Å². The van der Waals surface area contributed by atoms with Crippen LogP contribution >= 0.6 is 12.4 Å². The van der Waals surface area contributed by atoms with Crippen molar-refractivity contribution in [1.29, 1.82) is 0 Å². The maximum atomic E-state index is 9.23. The van der Waals surface area contributed by atoms with Gasteiger partial charge in [-0.2, -0.15) is 0 Å². The first-order valence-corrected chi connectivity index (χ1v) is 14.0. The predicted molar refractivity (Wildman–Crippen MR) is 149 cm³/mol. The number of rotatable bonds is 23. The lowest BCUT2D eigenvalue weighted by Crippen LogP contribution is -2.12. The summed E-state index contributed by atoms with van der Waals surface area (Å²) in [6, 6.07) is 5.82. The zero-order chi connectivity index (χ0) is 24.0. The van der Waals surface area contributed by atoms with Crippen molar-refractivity contribution in [1.82, 2.24) is 0 Å². The third-order valence-corrected chi connectivity index (χ3v) is 6.35. The van der Waals surface area contributed by atoms with Gasteiger partial charge in [0.15, 0.2) is 11.5 Å². The topological polar surface area (TPSA) is 64.7 Å². The van der Waals surface area contributed by atoms with E-state index in [1.54, 1.807) is 0 Å². The fourth-order valence-corrected chi connectivity index (χ4v) is 4.13. The number of unbranched alkanes of at least 4 members (excludes halogenated alkanes) is 14. The number of ether oxygens (including phenoxy) is 2. The molecule has 4 nitrogen and oxygen atoms in total. The molecule has 0 fully saturated rings. The lowest BCUT2D eigenvalue weighted by atomic mass is 10.0. The van der Waals surface area contributed by atoms with Crippen LogP contribution < -0.4 is 15.2 Å². The molecular weight excluding hydrogens is 446 g/mol. The standard InChI is InChI=1S/C29H53NO3.ClH/c1-3-5-7-9-11-13-15-17-23-32-28-20-19-26(27(30)21-22-31)25-29(28)33-24-18-16-14-12-10-8-6-4-2;/h19-20,25,27,31H,3-18,21-24,30H2,1-2H3;1H. The zero-order valence-electron chi connectivity index (χ0n) is 22.2. The molecule has 1 aromatic rings. The van der Waals surface area contributed by atoms with Gasteiger partial charge in [0.2, 0.25) is 0 Å². The molecule has 0 aliphatic carbocycles. The van der Waals surface area contributed by atoms with Crippen molar-refractivity contribution in [3.63, 3.8) is 0 Å². The Morgan fingerprint density at radius 2 is 1.12 bits per heavy atom. The van der Waals surface area contributed by atoms with Gasteiger partial charge < -0.3 is 20.3 Å². The van der Waals surface area contributed by atoms with Crippen LogP contribution in [-0.4, -0.2) is 24.9 Å². The molecule has 0 bridgehead atoms. The number of benzene rings is 1. The summed E-state index contributed by atoms with van der Waals surface area (Å²) in [5, 5.41) is 9.23. The molecule has 1 rings (SSSR count). The Morgan fingerprint density at radius 1 is 0.676 bits per heavy atom. The maximum Gasteiger partial charge on any atom is 0.161 e. The van der Waals surface area contributed by atoms with E-state index in [4.69, 9.17) is 15.2 Å². The minimum Gasteiger partial charge on any atom is -0.490 e. The summed E-state index contributed by atoms with van der Waals surface area (Å²) in [5.74, 6) is 1.61. The Bertz CT molecular complexity index is 570. The van der Waals surface area contributed by atoms with Gasteiger partial charge in [-0.15, -0.1) is 12.4 Å². The maximum absolute atomic E-state index is 9.23. The molecule has 0 radical (unpaired) electrons. The summed E-state index contributed by atoms with van der Waals surface area (Å²) in [7, 11) is 0. The summed E-state index contributed by atoms with van der Waals surface area (Å²) in [5.41, 5.74) is 7.21. The van der Waals surface area contributed by atoms with Gasteiger partial charge in [0.1, 0.15) is 0 Å². The fourth-order valence-electron chi connectivity index (χ4n) is 4.13. The molecule has 0 aromatic heterocycles. The van der Waals surface area contributed by atoms with Crippen LogP contribution in [0, 0.1) is 0 Å². The molecule has 1 aromatic carbocycles. The molecule has 34 heavy (non-hydrogen) atoms. The van der Waals surface area contributed by atoms with Crippen molar-refractivity contribution in [2.24, 2.45) is 5.73 Å². The van der Waals surface area contributed by atoms with Gasteiger partial charge >= 0.3 is 0 Å². The van der Waals surface area contributed by atoms with Crippen molar-refractivity contribution in [2.75, 3.05) is 19.8 Å². The van der Waals surface area contributed by atoms with Crippen LogP contribution in [0.25, 0.3) is 0 Å². The van der Waals surface area contributed by atoms with E-state index in [0.29, 0.717) is 13.0 Å². The number of aliphatic hydroxyl groups excluding tert-OH is 1. The summed E-state index contributed by atoms with van der Waals surface area (Å²) in [4.78, 5) is 0. The third-order valence-electron chi connectivity index (χ3n) is 6.35. The minimum absolute atomic E-state index is 0. The average Bonchev–Trinajstić information content (AvgIpc) is 2.82. The van der Waals surface area contributed by atoms with Gasteiger partial charge in [-0.1, -0.05) is 110 Å². The highest BCUT2D eigenvalue weighted by molar-refractivity contribution is 5.85. The number of halogens is 1. The number of aliphatic hydroxyl groups is 1. The molecular formula is C29H54ClNO3. The van der Waals surface area contributed by atoms with Crippen LogP contribution in [0.2, 0.25) is 0 Å². The summed E-state index contributed by atoms with van der Waals surface area (Å²) in [6.07, 6.45) is 21.2. The molecule has 0 aliphatic rings. The number of nitrogens with two attached hydrogens (primary N) is 1. The molecule has 0 heterocycles. The Morgan fingerprint density at radius 3 is 1.59 bits per heavy atom. The van der Waals surface area contributed by atoms with E-state index in [1.807, 2.05) is 18.2 Å². The van der Waals surface area contributed by atoms with Crippen LogP contribution in [-0.2, 0) is 0 Å². The Balaban J connectivity index is 0.0000109. The Labute approximate surface area is 216 Å². The second-order valence-electron chi connectivity index (χ2n) is 9.47. The highest BCUT2D eigenvalue weighted by atomic mass is 35.5. The predicted octanol–water partition coefficient (Wildman–Crippen LogP) is 8.53. The van der Waals surface area contributed by atoms with E-state index < -0.39 is 0 Å². The van der Waals surface area contributed by atoms with E-state index in [1.165, 1.54) is 89.9 Å². The second-order valence-corrected chi connectivity index (χ2v) is 9.47. The fraction of sp³-hybridized carbons (Fsp3) is 0.793. The largest absolute Gasteiger partial charge is 0.490 e. The van der Waals surface area contributed by atoms with Gasteiger partial charge in [-0.05, 0) is 37.0 Å². The average molecular weight is 500 g/mol. The quantitative estimate of drug-likeness (QED) is 0.148. The molecule has 0 spiro atoms. The SMILES string of the molecule is CCCCCCCCCCOc1ccc(C(N)CCO)cc1OCCCCCCCCCC.Cl. The van der Waals surface area contributed by atoms with Crippen molar-refractivity contribution in [3.05, 3.63) is 23.8 Å². The zero-order valence-corrected chi connectivity index (χ0v) is 23.0.